The van der Waals surface area contributed by atoms with Gasteiger partial charge < -0.3 is 17.3 Å². The molecule has 0 saturated heterocycles. The highest BCUT2D eigenvalue weighted by Crippen LogP contribution is 2.30. The SMILES string of the molecule is Nc1nnc(C2CCCC(N)C2)n1N. The maximum atomic E-state index is 5.89. The number of nitrogens with zero attached hydrogens (tertiary/aromatic N) is 3. The van der Waals surface area contributed by atoms with Gasteiger partial charge in [0, 0.05) is 12.0 Å². The second kappa shape index (κ2) is 3.45. The summed E-state index contributed by atoms with van der Waals surface area (Å²) in [6, 6.07) is 0.256. The number of hydrogen-bond donors (Lipinski definition) is 3. The van der Waals surface area contributed by atoms with Crippen molar-refractivity contribution in [3.8, 4) is 0 Å². The van der Waals surface area contributed by atoms with Crippen molar-refractivity contribution >= 4 is 5.95 Å². The van der Waals surface area contributed by atoms with Crippen molar-refractivity contribution in [1.29, 1.82) is 0 Å². The van der Waals surface area contributed by atoms with Gasteiger partial charge in [-0.05, 0) is 19.3 Å². The van der Waals surface area contributed by atoms with E-state index >= 15 is 0 Å². The van der Waals surface area contributed by atoms with Crippen LogP contribution in [0.25, 0.3) is 0 Å². The lowest BCUT2D eigenvalue weighted by Crippen LogP contribution is -2.29. The molecule has 1 aromatic heterocycles. The van der Waals surface area contributed by atoms with E-state index in [0.29, 0.717) is 5.92 Å². The van der Waals surface area contributed by atoms with Gasteiger partial charge in [0.1, 0.15) is 0 Å². The molecule has 78 valence electrons. The molecule has 0 spiro atoms. The Bertz CT molecular complexity index is 320. The molecular weight excluding hydrogens is 180 g/mol. The Morgan fingerprint density at radius 1 is 1.29 bits per heavy atom. The molecule has 0 bridgehead atoms. The first-order valence-electron chi connectivity index (χ1n) is 4.90. The summed E-state index contributed by atoms with van der Waals surface area (Å²) in [5.41, 5.74) is 11.4. The predicted molar refractivity (Wildman–Crippen MR) is 53.8 cm³/mol. The first-order valence-corrected chi connectivity index (χ1v) is 4.90. The normalized spacial score (nSPS) is 27.8. The zero-order valence-corrected chi connectivity index (χ0v) is 8.06. The smallest absolute Gasteiger partial charge is 0.240 e. The molecular formula is C8H16N6. The van der Waals surface area contributed by atoms with Crippen LogP contribution in [0.1, 0.15) is 37.4 Å². The Morgan fingerprint density at radius 3 is 2.64 bits per heavy atom. The standard InChI is InChI=1S/C8H16N6/c9-6-3-1-2-5(4-6)7-12-13-8(10)14(7)11/h5-6H,1-4,9,11H2,(H2,10,13). The summed E-state index contributed by atoms with van der Waals surface area (Å²) in [4.78, 5) is 0. The van der Waals surface area contributed by atoms with Crippen LogP contribution < -0.4 is 17.3 Å². The van der Waals surface area contributed by atoms with Crippen molar-refractivity contribution in [1.82, 2.24) is 14.9 Å². The summed E-state index contributed by atoms with van der Waals surface area (Å²) in [6.45, 7) is 0. The van der Waals surface area contributed by atoms with E-state index in [1.54, 1.807) is 0 Å². The monoisotopic (exact) mass is 196 g/mol. The van der Waals surface area contributed by atoms with Crippen LogP contribution in [-0.2, 0) is 0 Å². The summed E-state index contributed by atoms with van der Waals surface area (Å²) < 4.78 is 1.36. The number of rotatable bonds is 1. The molecule has 1 heterocycles. The lowest BCUT2D eigenvalue weighted by atomic mass is 9.86. The minimum Gasteiger partial charge on any atom is -0.366 e. The van der Waals surface area contributed by atoms with Crippen LogP contribution in [0, 0.1) is 0 Å². The van der Waals surface area contributed by atoms with Crippen LogP contribution in [0.3, 0.4) is 0 Å². The molecule has 0 amide bonds. The summed E-state index contributed by atoms with van der Waals surface area (Å²) in [7, 11) is 0. The molecule has 2 rings (SSSR count). The van der Waals surface area contributed by atoms with E-state index in [1.807, 2.05) is 0 Å². The summed E-state index contributed by atoms with van der Waals surface area (Å²) in [6.07, 6.45) is 4.21. The molecule has 2 unspecified atom stereocenters. The third-order valence-electron chi connectivity index (χ3n) is 2.83. The minimum atomic E-state index is 0.256. The van der Waals surface area contributed by atoms with Gasteiger partial charge in [-0.3, -0.25) is 0 Å². The number of hydrogen-bond acceptors (Lipinski definition) is 5. The molecule has 6 N–H and O–H groups in total. The lowest BCUT2D eigenvalue weighted by Gasteiger charge is -2.25. The highest BCUT2D eigenvalue weighted by Gasteiger charge is 2.25. The molecule has 0 aromatic carbocycles. The van der Waals surface area contributed by atoms with Crippen LogP contribution in [0.2, 0.25) is 0 Å². The van der Waals surface area contributed by atoms with Crippen LogP contribution in [-0.4, -0.2) is 20.9 Å². The number of aromatic nitrogens is 3. The van der Waals surface area contributed by atoms with Crippen molar-refractivity contribution in [2.45, 2.75) is 37.6 Å². The van der Waals surface area contributed by atoms with Gasteiger partial charge >= 0.3 is 0 Å². The first-order chi connectivity index (χ1) is 6.68. The topological polar surface area (TPSA) is 109 Å². The molecule has 1 aromatic rings. The van der Waals surface area contributed by atoms with Crippen LogP contribution >= 0.6 is 0 Å². The van der Waals surface area contributed by atoms with Crippen molar-refractivity contribution in [3.05, 3.63) is 5.82 Å². The van der Waals surface area contributed by atoms with Crippen molar-refractivity contribution in [2.24, 2.45) is 5.73 Å². The van der Waals surface area contributed by atoms with Crippen LogP contribution in [0.4, 0.5) is 5.95 Å². The first kappa shape index (κ1) is 9.26. The zero-order chi connectivity index (χ0) is 10.1. The van der Waals surface area contributed by atoms with E-state index in [4.69, 9.17) is 17.3 Å². The van der Waals surface area contributed by atoms with E-state index in [9.17, 15) is 0 Å². The van der Waals surface area contributed by atoms with Gasteiger partial charge in [-0.15, -0.1) is 10.2 Å². The number of nitrogen functional groups attached to an aromatic ring is 2. The van der Waals surface area contributed by atoms with E-state index in [2.05, 4.69) is 10.2 Å². The summed E-state index contributed by atoms with van der Waals surface area (Å²) in [5, 5.41) is 7.72. The van der Waals surface area contributed by atoms with Crippen molar-refractivity contribution < 1.29 is 0 Å². The second-order valence-corrected chi connectivity index (χ2v) is 3.91. The maximum Gasteiger partial charge on any atom is 0.240 e. The van der Waals surface area contributed by atoms with E-state index < -0.39 is 0 Å². The average molecular weight is 196 g/mol. The lowest BCUT2D eigenvalue weighted by molar-refractivity contribution is 0.378. The fourth-order valence-electron chi connectivity index (χ4n) is 2.06. The van der Waals surface area contributed by atoms with E-state index in [-0.39, 0.29) is 12.0 Å². The molecule has 1 saturated carbocycles. The van der Waals surface area contributed by atoms with Gasteiger partial charge in [-0.25, -0.2) is 4.68 Å². The fraction of sp³-hybridized carbons (Fsp3) is 0.750. The van der Waals surface area contributed by atoms with Gasteiger partial charge in [0.15, 0.2) is 5.82 Å². The van der Waals surface area contributed by atoms with E-state index in [0.717, 1.165) is 31.5 Å². The molecule has 1 fully saturated rings. The summed E-state index contributed by atoms with van der Waals surface area (Å²) in [5.74, 6) is 7.04. The van der Waals surface area contributed by atoms with Crippen LogP contribution in [0.15, 0.2) is 0 Å². The molecule has 0 aliphatic heterocycles. The minimum absolute atomic E-state index is 0.256. The largest absolute Gasteiger partial charge is 0.366 e. The molecule has 1 aliphatic carbocycles. The highest BCUT2D eigenvalue weighted by molar-refractivity contribution is 5.19. The Balaban J connectivity index is 2.18. The fourth-order valence-corrected chi connectivity index (χ4v) is 2.06. The van der Waals surface area contributed by atoms with E-state index in [1.165, 1.54) is 4.68 Å². The van der Waals surface area contributed by atoms with Gasteiger partial charge in [0.2, 0.25) is 5.95 Å². The highest BCUT2D eigenvalue weighted by atomic mass is 15.4. The Morgan fingerprint density at radius 2 is 2.07 bits per heavy atom. The van der Waals surface area contributed by atoms with Crippen LogP contribution in [0.5, 0.6) is 0 Å². The number of anilines is 1. The Hall–Kier alpha value is -1.30. The average Bonchev–Trinajstić information content (AvgIpc) is 2.48. The van der Waals surface area contributed by atoms with Gasteiger partial charge in [0.05, 0.1) is 0 Å². The Kier molecular flexibility index (Phi) is 2.28. The third kappa shape index (κ3) is 1.52. The van der Waals surface area contributed by atoms with Gasteiger partial charge in [-0.2, -0.15) is 0 Å². The molecule has 2 atom stereocenters. The molecule has 6 nitrogen and oxygen atoms in total. The second-order valence-electron chi connectivity index (χ2n) is 3.91. The van der Waals surface area contributed by atoms with Crippen molar-refractivity contribution in [2.75, 3.05) is 11.6 Å². The van der Waals surface area contributed by atoms with Crippen molar-refractivity contribution in [3.63, 3.8) is 0 Å². The zero-order valence-electron chi connectivity index (χ0n) is 8.06. The maximum absolute atomic E-state index is 5.89. The number of nitrogens with two attached hydrogens (primary N) is 3. The third-order valence-corrected chi connectivity index (χ3v) is 2.83. The molecule has 1 aliphatic rings. The quantitative estimate of drug-likeness (QED) is 0.527. The predicted octanol–water partition coefficient (Wildman–Crippen LogP) is -0.441. The van der Waals surface area contributed by atoms with Gasteiger partial charge in [0.25, 0.3) is 0 Å². The molecule has 6 heteroatoms. The molecule has 14 heavy (non-hydrogen) atoms. The molecule has 0 radical (unpaired) electrons. The Labute approximate surface area is 82.4 Å². The van der Waals surface area contributed by atoms with Gasteiger partial charge in [-0.1, -0.05) is 6.42 Å². The summed E-state index contributed by atoms with van der Waals surface area (Å²) >= 11 is 0.